The fraction of sp³-hybridized carbons (Fsp3) is 0.167. The summed E-state index contributed by atoms with van der Waals surface area (Å²) in [6, 6.07) is 39.5. The van der Waals surface area contributed by atoms with Crippen molar-refractivity contribution in [1.29, 1.82) is 0 Å². The maximum Gasteiger partial charge on any atom is 0.0561 e. The van der Waals surface area contributed by atoms with Crippen LogP contribution in [0.4, 0.5) is 17.1 Å². The van der Waals surface area contributed by atoms with Crippen molar-refractivity contribution in [3.05, 3.63) is 130 Å². The Kier molecular flexibility index (Phi) is 6.35. The second-order valence-electron chi connectivity index (χ2n) is 11.4. The molecule has 39 heavy (non-hydrogen) atoms. The van der Waals surface area contributed by atoms with Crippen LogP contribution in [-0.2, 0) is 5.41 Å². The minimum Gasteiger partial charge on any atom is -0.310 e. The van der Waals surface area contributed by atoms with Crippen LogP contribution in [-0.4, -0.2) is 4.57 Å². The van der Waals surface area contributed by atoms with Gasteiger partial charge in [0.15, 0.2) is 0 Å². The van der Waals surface area contributed by atoms with Gasteiger partial charge >= 0.3 is 0 Å². The molecule has 0 bridgehead atoms. The van der Waals surface area contributed by atoms with Crippen LogP contribution in [0.3, 0.4) is 0 Å². The zero-order chi connectivity index (χ0) is 27.3. The lowest BCUT2D eigenvalue weighted by Crippen LogP contribution is -2.16. The van der Waals surface area contributed by atoms with Gasteiger partial charge < -0.3 is 9.47 Å². The Bertz CT molecular complexity index is 1800. The van der Waals surface area contributed by atoms with Crippen LogP contribution >= 0.6 is 15.9 Å². The topological polar surface area (TPSA) is 8.17 Å². The van der Waals surface area contributed by atoms with Gasteiger partial charge in [0.2, 0.25) is 0 Å². The fourth-order valence-corrected chi connectivity index (χ4v) is 6.10. The molecule has 0 N–H and O–H groups in total. The molecule has 0 aliphatic carbocycles. The molecule has 0 unspecified atom stereocenters. The maximum absolute atomic E-state index is 3.72. The number of aryl methyl sites for hydroxylation is 2. The number of anilines is 3. The normalized spacial score (nSPS) is 11.8. The quantitative estimate of drug-likeness (QED) is 0.204. The van der Waals surface area contributed by atoms with E-state index < -0.39 is 0 Å². The lowest BCUT2D eigenvalue weighted by atomic mass is 9.84. The number of para-hydroxylation sites is 2. The van der Waals surface area contributed by atoms with E-state index in [9.17, 15) is 0 Å². The standard InChI is InChI=1S/C36H33BrN2/c1-24-20-26(36(3,4)5)21-25(2)35(24)38(29-15-11-12-27(37)22-29)30-18-19-32-31-16-9-10-17-33(31)39(34(32)23-30)28-13-7-6-8-14-28/h6-23H,1-5H3. The van der Waals surface area contributed by atoms with Crippen LogP contribution < -0.4 is 4.90 Å². The van der Waals surface area contributed by atoms with Gasteiger partial charge in [-0.1, -0.05) is 97.4 Å². The predicted molar refractivity (Wildman–Crippen MR) is 171 cm³/mol. The first-order chi connectivity index (χ1) is 18.7. The average Bonchev–Trinajstić information content (AvgIpc) is 3.24. The Hall–Kier alpha value is -3.82. The van der Waals surface area contributed by atoms with Gasteiger partial charge in [0, 0.05) is 32.3 Å². The van der Waals surface area contributed by atoms with Crippen molar-refractivity contribution in [3.63, 3.8) is 0 Å². The third-order valence-electron chi connectivity index (χ3n) is 7.58. The third kappa shape index (κ3) is 4.55. The van der Waals surface area contributed by atoms with E-state index in [1.807, 2.05) is 0 Å². The molecule has 5 aromatic carbocycles. The molecule has 1 aromatic heterocycles. The highest BCUT2D eigenvalue weighted by Gasteiger charge is 2.22. The van der Waals surface area contributed by atoms with E-state index in [2.05, 4.69) is 169 Å². The summed E-state index contributed by atoms with van der Waals surface area (Å²) in [5, 5.41) is 2.52. The molecule has 6 rings (SSSR count). The molecule has 0 saturated heterocycles. The van der Waals surface area contributed by atoms with E-state index in [0.29, 0.717) is 0 Å². The van der Waals surface area contributed by atoms with Gasteiger partial charge in [0.25, 0.3) is 0 Å². The smallest absolute Gasteiger partial charge is 0.0561 e. The number of hydrogen-bond donors (Lipinski definition) is 0. The number of hydrogen-bond acceptors (Lipinski definition) is 1. The Morgan fingerprint density at radius 1 is 0.615 bits per heavy atom. The number of fused-ring (bicyclic) bond motifs is 3. The molecule has 3 heteroatoms. The molecule has 0 amide bonds. The number of rotatable bonds is 4. The highest BCUT2D eigenvalue weighted by molar-refractivity contribution is 9.10. The molecule has 0 radical (unpaired) electrons. The molecule has 0 saturated carbocycles. The Labute approximate surface area is 239 Å². The van der Waals surface area contributed by atoms with Crippen LogP contribution in [0.2, 0.25) is 0 Å². The summed E-state index contributed by atoms with van der Waals surface area (Å²) in [5.74, 6) is 0. The molecule has 2 nitrogen and oxygen atoms in total. The molecule has 6 aromatic rings. The van der Waals surface area contributed by atoms with Crippen molar-refractivity contribution in [3.8, 4) is 5.69 Å². The SMILES string of the molecule is Cc1cc(C(C)(C)C)cc(C)c1N(c1cccc(Br)c1)c1ccc2c3ccccc3n(-c3ccccc3)c2c1. The van der Waals surface area contributed by atoms with Crippen LogP contribution in [0.25, 0.3) is 27.5 Å². The lowest BCUT2D eigenvalue weighted by molar-refractivity contribution is 0.589. The average molecular weight is 574 g/mol. The summed E-state index contributed by atoms with van der Waals surface area (Å²) in [6.07, 6.45) is 0. The van der Waals surface area contributed by atoms with Gasteiger partial charge in [0.05, 0.1) is 16.7 Å². The van der Waals surface area contributed by atoms with E-state index in [0.717, 1.165) is 21.5 Å². The molecule has 0 aliphatic rings. The van der Waals surface area contributed by atoms with Crippen LogP contribution in [0.5, 0.6) is 0 Å². The van der Waals surface area contributed by atoms with Crippen molar-refractivity contribution in [2.75, 3.05) is 4.90 Å². The van der Waals surface area contributed by atoms with E-state index >= 15 is 0 Å². The Balaban J connectivity index is 1.65. The molecule has 0 atom stereocenters. The van der Waals surface area contributed by atoms with Crippen molar-refractivity contribution in [2.45, 2.75) is 40.0 Å². The van der Waals surface area contributed by atoms with E-state index in [1.54, 1.807) is 0 Å². The number of nitrogens with zero attached hydrogens (tertiary/aromatic N) is 2. The Morgan fingerprint density at radius 3 is 1.95 bits per heavy atom. The van der Waals surface area contributed by atoms with Gasteiger partial charge in [-0.15, -0.1) is 0 Å². The molecule has 0 spiro atoms. The van der Waals surface area contributed by atoms with Gasteiger partial charge in [-0.25, -0.2) is 0 Å². The highest BCUT2D eigenvalue weighted by Crippen LogP contribution is 2.43. The summed E-state index contributed by atoms with van der Waals surface area (Å²) in [5.41, 5.74) is 11.0. The van der Waals surface area contributed by atoms with Crippen molar-refractivity contribution in [2.24, 2.45) is 0 Å². The van der Waals surface area contributed by atoms with Gasteiger partial charge in [0.1, 0.15) is 0 Å². The van der Waals surface area contributed by atoms with E-state index in [1.165, 1.54) is 44.2 Å². The van der Waals surface area contributed by atoms with Crippen LogP contribution in [0, 0.1) is 13.8 Å². The summed E-state index contributed by atoms with van der Waals surface area (Å²) in [6.45, 7) is 11.3. The predicted octanol–water partition coefficient (Wildman–Crippen LogP) is 10.9. The third-order valence-corrected chi connectivity index (χ3v) is 8.07. The summed E-state index contributed by atoms with van der Waals surface area (Å²) in [4.78, 5) is 2.41. The largest absolute Gasteiger partial charge is 0.310 e. The first kappa shape index (κ1) is 25.5. The van der Waals surface area contributed by atoms with Crippen LogP contribution in [0.15, 0.2) is 114 Å². The molecule has 194 valence electrons. The minimum absolute atomic E-state index is 0.0875. The molecule has 0 aliphatic heterocycles. The molecular weight excluding hydrogens is 540 g/mol. The number of aromatic nitrogens is 1. The molecular formula is C36H33BrN2. The minimum atomic E-state index is 0.0875. The number of benzene rings is 5. The monoisotopic (exact) mass is 572 g/mol. The highest BCUT2D eigenvalue weighted by atomic mass is 79.9. The maximum atomic E-state index is 3.72. The zero-order valence-corrected chi connectivity index (χ0v) is 24.8. The fourth-order valence-electron chi connectivity index (χ4n) is 5.72. The second kappa shape index (κ2) is 9.73. The van der Waals surface area contributed by atoms with Gasteiger partial charge in [-0.3, -0.25) is 0 Å². The zero-order valence-electron chi connectivity index (χ0n) is 23.2. The van der Waals surface area contributed by atoms with E-state index in [4.69, 9.17) is 0 Å². The first-order valence-corrected chi connectivity index (χ1v) is 14.3. The summed E-state index contributed by atoms with van der Waals surface area (Å²) in [7, 11) is 0. The van der Waals surface area contributed by atoms with Crippen LogP contribution in [0.1, 0.15) is 37.5 Å². The molecule has 1 heterocycles. The van der Waals surface area contributed by atoms with Crippen molar-refractivity contribution >= 4 is 54.8 Å². The summed E-state index contributed by atoms with van der Waals surface area (Å²) >= 11 is 3.72. The first-order valence-electron chi connectivity index (χ1n) is 13.5. The van der Waals surface area contributed by atoms with Gasteiger partial charge in [-0.05, 0) is 84.5 Å². The van der Waals surface area contributed by atoms with E-state index in [-0.39, 0.29) is 5.41 Å². The lowest BCUT2D eigenvalue weighted by Gasteiger charge is -2.31. The number of halogens is 1. The van der Waals surface area contributed by atoms with Crippen molar-refractivity contribution < 1.29 is 0 Å². The van der Waals surface area contributed by atoms with Gasteiger partial charge in [-0.2, -0.15) is 0 Å². The second-order valence-corrected chi connectivity index (χ2v) is 12.3. The Morgan fingerprint density at radius 2 is 1.26 bits per heavy atom. The van der Waals surface area contributed by atoms with Crippen molar-refractivity contribution in [1.82, 2.24) is 4.57 Å². The summed E-state index contributed by atoms with van der Waals surface area (Å²) < 4.78 is 3.45. The molecule has 0 fully saturated rings.